The Morgan fingerprint density at radius 1 is 0.339 bits per heavy atom. The Hall–Kier alpha value is -7.42. The summed E-state index contributed by atoms with van der Waals surface area (Å²) in [7, 11) is 0. The first-order valence-corrected chi connectivity index (χ1v) is 20.5. The quantitative estimate of drug-likeness (QED) is 0.163. The second-order valence-corrected chi connectivity index (χ2v) is 16.5. The van der Waals surface area contributed by atoms with E-state index in [0.717, 1.165) is 50.1 Å². The first-order chi connectivity index (χ1) is 29.0. The SMILES string of the molecule is CC1(C)c2ccccc2-c2ccc(N(c3ccc(-c4ccc5c(c4)oc4ccccc45)cc3)c3cc4c5ccccc5c5ccccc5c4cc3-c3ccccc3)cc21. The Morgan fingerprint density at radius 2 is 0.898 bits per heavy atom. The van der Waals surface area contributed by atoms with E-state index in [1.807, 2.05) is 12.1 Å². The van der Waals surface area contributed by atoms with E-state index in [9.17, 15) is 0 Å². The molecule has 0 spiro atoms. The van der Waals surface area contributed by atoms with Crippen LogP contribution in [0.1, 0.15) is 25.0 Å². The van der Waals surface area contributed by atoms with E-state index >= 15 is 0 Å². The van der Waals surface area contributed by atoms with Gasteiger partial charge in [-0.2, -0.15) is 0 Å². The molecule has 0 amide bonds. The zero-order chi connectivity index (χ0) is 39.2. The van der Waals surface area contributed by atoms with E-state index in [1.54, 1.807) is 0 Å². The Labute approximate surface area is 343 Å². The molecule has 0 atom stereocenters. The molecule has 0 radical (unpaired) electrons. The van der Waals surface area contributed by atoms with Gasteiger partial charge in [-0.25, -0.2) is 0 Å². The number of nitrogens with zero attached hydrogens (tertiary/aromatic N) is 1. The highest BCUT2D eigenvalue weighted by Crippen LogP contribution is 2.52. The lowest BCUT2D eigenvalue weighted by Crippen LogP contribution is -2.17. The fourth-order valence-corrected chi connectivity index (χ4v) is 9.94. The van der Waals surface area contributed by atoms with Crippen LogP contribution in [0.15, 0.2) is 205 Å². The molecule has 0 aliphatic heterocycles. The van der Waals surface area contributed by atoms with Crippen molar-refractivity contribution in [3.8, 4) is 33.4 Å². The van der Waals surface area contributed by atoms with Gasteiger partial charge < -0.3 is 9.32 Å². The zero-order valence-corrected chi connectivity index (χ0v) is 32.9. The van der Waals surface area contributed by atoms with Crippen LogP contribution in [0.4, 0.5) is 17.1 Å². The monoisotopic (exact) mass is 753 g/mol. The maximum absolute atomic E-state index is 6.31. The molecule has 2 heteroatoms. The van der Waals surface area contributed by atoms with Gasteiger partial charge in [0.2, 0.25) is 0 Å². The van der Waals surface area contributed by atoms with E-state index in [-0.39, 0.29) is 5.41 Å². The summed E-state index contributed by atoms with van der Waals surface area (Å²) in [4.78, 5) is 2.48. The minimum Gasteiger partial charge on any atom is -0.456 e. The summed E-state index contributed by atoms with van der Waals surface area (Å²) in [5.41, 5.74) is 15.0. The molecular weight excluding hydrogens is 715 g/mol. The Morgan fingerprint density at radius 3 is 1.64 bits per heavy atom. The van der Waals surface area contributed by atoms with E-state index in [2.05, 4.69) is 207 Å². The van der Waals surface area contributed by atoms with E-state index in [0.29, 0.717) is 0 Å². The predicted molar refractivity (Wildman–Crippen MR) is 249 cm³/mol. The van der Waals surface area contributed by atoms with Crippen molar-refractivity contribution in [3.05, 3.63) is 211 Å². The molecule has 0 fully saturated rings. The van der Waals surface area contributed by atoms with Crippen LogP contribution in [0, 0.1) is 0 Å². The molecule has 10 aromatic carbocycles. The van der Waals surface area contributed by atoms with Gasteiger partial charge in [0.05, 0.1) is 5.69 Å². The van der Waals surface area contributed by atoms with Crippen LogP contribution in [-0.4, -0.2) is 0 Å². The van der Waals surface area contributed by atoms with Crippen molar-refractivity contribution in [3.63, 3.8) is 0 Å². The molecular formula is C57H39NO. The fourth-order valence-electron chi connectivity index (χ4n) is 9.94. The average Bonchev–Trinajstić information content (AvgIpc) is 3.78. The largest absolute Gasteiger partial charge is 0.456 e. The lowest BCUT2D eigenvalue weighted by atomic mass is 9.82. The van der Waals surface area contributed by atoms with Crippen LogP contribution in [0.2, 0.25) is 0 Å². The number of furan rings is 1. The second kappa shape index (κ2) is 12.8. The molecule has 1 aliphatic rings. The Bertz CT molecular complexity index is 3460. The third-order valence-electron chi connectivity index (χ3n) is 12.8. The van der Waals surface area contributed by atoms with E-state index in [4.69, 9.17) is 4.42 Å². The van der Waals surface area contributed by atoms with Gasteiger partial charge in [-0.1, -0.05) is 159 Å². The molecule has 0 N–H and O–H groups in total. The van der Waals surface area contributed by atoms with Crippen molar-refractivity contribution in [1.29, 1.82) is 0 Å². The molecule has 12 rings (SSSR count). The van der Waals surface area contributed by atoms with Gasteiger partial charge in [0, 0.05) is 33.1 Å². The number of benzene rings is 10. The van der Waals surface area contributed by atoms with Gasteiger partial charge in [-0.15, -0.1) is 0 Å². The third-order valence-corrected chi connectivity index (χ3v) is 12.8. The molecule has 1 aromatic heterocycles. The third kappa shape index (κ3) is 5.13. The van der Waals surface area contributed by atoms with Gasteiger partial charge in [-0.05, 0) is 126 Å². The van der Waals surface area contributed by atoms with Crippen LogP contribution in [0.25, 0.3) is 87.6 Å². The molecule has 1 aliphatic carbocycles. The molecule has 0 bridgehead atoms. The van der Waals surface area contributed by atoms with Crippen molar-refractivity contribution in [2.45, 2.75) is 19.3 Å². The summed E-state index contributed by atoms with van der Waals surface area (Å²) < 4.78 is 6.31. The van der Waals surface area contributed by atoms with Crippen molar-refractivity contribution in [2.75, 3.05) is 4.90 Å². The van der Waals surface area contributed by atoms with Gasteiger partial charge in [-0.3, -0.25) is 0 Å². The maximum Gasteiger partial charge on any atom is 0.136 e. The minimum absolute atomic E-state index is 0.145. The van der Waals surface area contributed by atoms with Gasteiger partial charge in [0.15, 0.2) is 0 Å². The molecule has 0 saturated carbocycles. The predicted octanol–water partition coefficient (Wildman–Crippen LogP) is 16.2. The van der Waals surface area contributed by atoms with Crippen molar-refractivity contribution in [1.82, 2.24) is 0 Å². The Balaban J connectivity index is 1.11. The van der Waals surface area contributed by atoms with Gasteiger partial charge in [0.25, 0.3) is 0 Å². The van der Waals surface area contributed by atoms with Crippen LogP contribution in [0.5, 0.6) is 0 Å². The minimum atomic E-state index is -0.145. The Kier molecular flexibility index (Phi) is 7.31. The highest BCUT2D eigenvalue weighted by molar-refractivity contribution is 6.26. The first kappa shape index (κ1) is 33.7. The molecule has 2 nitrogen and oxygen atoms in total. The topological polar surface area (TPSA) is 16.4 Å². The lowest BCUT2D eigenvalue weighted by Gasteiger charge is -2.30. The maximum atomic E-state index is 6.31. The number of hydrogen-bond donors (Lipinski definition) is 0. The molecule has 1 heterocycles. The standard InChI is InChI=1S/C57H39NO/c1-57(2)52-22-12-10-20-45(52)46-31-29-40(33-53(46)57)58(39-27-24-36(25-28-39)38-26-30-48-47-21-11-13-23-55(47)59-56(48)32-38)54-35-51-44-19-9-7-17-42(44)41-16-6-8-18-43(41)50(51)34-49(54)37-14-4-3-5-15-37/h3-35H,1-2H3. The van der Waals surface area contributed by atoms with Crippen molar-refractivity contribution in [2.24, 2.45) is 0 Å². The van der Waals surface area contributed by atoms with Crippen molar-refractivity contribution >= 4 is 71.3 Å². The van der Waals surface area contributed by atoms with Crippen molar-refractivity contribution < 1.29 is 4.42 Å². The average molecular weight is 754 g/mol. The van der Waals surface area contributed by atoms with E-state index in [1.165, 1.54) is 65.7 Å². The summed E-state index contributed by atoms with van der Waals surface area (Å²) in [5.74, 6) is 0. The number of fused-ring (bicyclic) bond motifs is 12. The molecule has 0 saturated heterocycles. The summed E-state index contributed by atoms with van der Waals surface area (Å²) >= 11 is 0. The molecule has 278 valence electrons. The van der Waals surface area contributed by atoms with E-state index < -0.39 is 0 Å². The number of rotatable bonds is 5. The second-order valence-electron chi connectivity index (χ2n) is 16.5. The normalized spacial score (nSPS) is 13.1. The smallest absolute Gasteiger partial charge is 0.136 e. The van der Waals surface area contributed by atoms with Crippen LogP contribution in [0.3, 0.4) is 0 Å². The summed E-state index contributed by atoms with van der Waals surface area (Å²) in [6, 6.07) is 73.4. The molecule has 11 aromatic rings. The molecule has 59 heavy (non-hydrogen) atoms. The first-order valence-electron chi connectivity index (χ1n) is 20.5. The number of para-hydroxylation sites is 1. The number of hydrogen-bond acceptors (Lipinski definition) is 2. The zero-order valence-electron chi connectivity index (χ0n) is 32.9. The highest BCUT2D eigenvalue weighted by Gasteiger charge is 2.36. The number of anilines is 3. The lowest BCUT2D eigenvalue weighted by molar-refractivity contribution is 0.660. The molecule has 0 unspecified atom stereocenters. The highest BCUT2D eigenvalue weighted by atomic mass is 16.3. The van der Waals surface area contributed by atoms with Crippen LogP contribution < -0.4 is 4.90 Å². The summed E-state index contributed by atoms with van der Waals surface area (Å²) in [6.07, 6.45) is 0. The van der Waals surface area contributed by atoms with Crippen LogP contribution in [-0.2, 0) is 5.41 Å². The van der Waals surface area contributed by atoms with Gasteiger partial charge >= 0.3 is 0 Å². The summed E-state index contributed by atoms with van der Waals surface area (Å²) in [6.45, 7) is 4.73. The fraction of sp³-hybridized carbons (Fsp3) is 0.0526. The summed E-state index contributed by atoms with van der Waals surface area (Å²) in [5, 5.41) is 9.83. The van der Waals surface area contributed by atoms with Crippen LogP contribution >= 0.6 is 0 Å². The van der Waals surface area contributed by atoms with Gasteiger partial charge in [0.1, 0.15) is 11.2 Å².